The van der Waals surface area contributed by atoms with Crippen LogP contribution in [0, 0.1) is 6.92 Å². The van der Waals surface area contributed by atoms with Crippen LogP contribution in [0.25, 0.3) is 10.9 Å². The number of hydrogen-bond donors (Lipinski definition) is 3. The Morgan fingerprint density at radius 1 is 0.938 bits per heavy atom. The number of anilines is 1. The summed E-state index contributed by atoms with van der Waals surface area (Å²) in [7, 11) is 0. The van der Waals surface area contributed by atoms with Crippen LogP contribution in [-0.4, -0.2) is 23.0 Å². The zero-order chi connectivity index (χ0) is 22.3. The number of alkyl carbamates (subject to hydrolysis) is 1. The highest BCUT2D eigenvalue weighted by Gasteiger charge is 2.24. The van der Waals surface area contributed by atoms with E-state index in [4.69, 9.17) is 4.74 Å². The second kappa shape index (κ2) is 9.83. The van der Waals surface area contributed by atoms with Crippen molar-refractivity contribution in [3.8, 4) is 0 Å². The maximum Gasteiger partial charge on any atom is 0.408 e. The summed E-state index contributed by atoms with van der Waals surface area (Å²) in [5.41, 5.74) is 4.44. The molecule has 1 atom stereocenters. The van der Waals surface area contributed by atoms with Gasteiger partial charge in [-0.15, -0.1) is 0 Å². The number of hydrogen-bond acceptors (Lipinski definition) is 3. The van der Waals surface area contributed by atoms with Crippen LogP contribution in [0.3, 0.4) is 0 Å². The summed E-state index contributed by atoms with van der Waals surface area (Å²) in [6.45, 7) is 2.05. The van der Waals surface area contributed by atoms with Gasteiger partial charge in [0.2, 0.25) is 5.91 Å². The number of ether oxygens (including phenoxy) is 1. The number of benzene rings is 3. The largest absolute Gasteiger partial charge is 0.445 e. The Balaban J connectivity index is 1.50. The number of aromatic nitrogens is 1. The zero-order valence-corrected chi connectivity index (χ0v) is 17.8. The van der Waals surface area contributed by atoms with Crippen molar-refractivity contribution in [2.45, 2.75) is 26.0 Å². The molecular weight excluding hydrogens is 402 g/mol. The van der Waals surface area contributed by atoms with Gasteiger partial charge in [0.15, 0.2) is 0 Å². The number of fused-ring (bicyclic) bond motifs is 1. The summed E-state index contributed by atoms with van der Waals surface area (Å²) >= 11 is 0. The topological polar surface area (TPSA) is 83.2 Å². The van der Waals surface area contributed by atoms with Gasteiger partial charge >= 0.3 is 6.09 Å². The minimum absolute atomic E-state index is 0.131. The lowest BCUT2D eigenvalue weighted by Crippen LogP contribution is -2.45. The fourth-order valence-corrected chi connectivity index (χ4v) is 3.57. The molecule has 6 heteroatoms. The molecule has 162 valence electrons. The summed E-state index contributed by atoms with van der Waals surface area (Å²) < 4.78 is 5.35. The molecule has 0 aliphatic carbocycles. The molecule has 0 fully saturated rings. The third-order valence-electron chi connectivity index (χ3n) is 5.32. The van der Waals surface area contributed by atoms with Crippen LogP contribution in [0.5, 0.6) is 0 Å². The quantitative estimate of drug-likeness (QED) is 0.390. The molecule has 4 rings (SSSR count). The number of aryl methyl sites for hydroxylation is 1. The number of carbonyl (C=O) groups is 2. The first-order valence-electron chi connectivity index (χ1n) is 10.5. The summed E-state index contributed by atoms with van der Waals surface area (Å²) in [5.74, 6) is -0.304. The van der Waals surface area contributed by atoms with E-state index in [2.05, 4.69) is 15.6 Å². The van der Waals surface area contributed by atoms with Crippen LogP contribution in [0.2, 0.25) is 0 Å². The predicted molar refractivity (Wildman–Crippen MR) is 125 cm³/mol. The zero-order valence-electron chi connectivity index (χ0n) is 17.8. The van der Waals surface area contributed by atoms with Crippen LogP contribution in [0.4, 0.5) is 10.5 Å². The van der Waals surface area contributed by atoms with Crippen molar-refractivity contribution in [2.24, 2.45) is 0 Å². The molecule has 32 heavy (non-hydrogen) atoms. The highest BCUT2D eigenvalue weighted by atomic mass is 16.5. The average molecular weight is 428 g/mol. The van der Waals surface area contributed by atoms with E-state index in [0.29, 0.717) is 12.1 Å². The van der Waals surface area contributed by atoms with Crippen molar-refractivity contribution < 1.29 is 14.3 Å². The summed E-state index contributed by atoms with van der Waals surface area (Å²) in [6, 6.07) is 24.0. The minimum Gasteiger partial charge on any atom is -0.445 e. The lowest BCUT2D eigenvalue weighted by Gasteiger charge is -2.19. The molecule has 0 saturated carbocycles. The van der Waals surface area contributed by atoms with Crippen LogP contribution in [0.15, 0.2) is 85.1 Å². The Kier molecular flexibility index (Phi) is 6.51. The van der Waals surface area contributed by atoms with Gasteiger partial charge in [0.05, 0.1) is 0 Å². The molecule has 0 saturated heterocycles. The first kappa shape index (κ1) is 21.2. The maximum atomic E-state index is 13.1. The van der Waals surface area contributed by atoms with E-state index in [1.165, 1.54) is 0 Å². The van der Waals surface area contributed by atoms with Gasteiger partial charge in [-0.2, -0.15) is 0 Å². The molecule has 4 aromatic rings. The van der Waals surface area contributed by atoms with Gasteiger partial charge in [-0.05, 0) is 35.7 Å². The third kappa shape index (κ3) is 5.16. The number of nitrogens with one attached hydrogen (secondary N) is 3. The lowest BCUT2D eigenvalue weighted by molar-refractivity contribution is -0.118. The number of carbonyl (C=O) groups excluding carboxylic acids is 2. The van der Waals surface area contributed by atoms with Crippen molar-refractivity contribution in [3.63, 3.8) is 0 Å². The SMILES string of the molecule is Cc1ccccc1NC(=O)[C@@H](Cc1c[nH]c2ccccc12)NC(=O)OCc1ccccc1. The Morgan fingerprint density at radius 2 is 1.66 bits per heavy atom. The van der Waals surface area contributed by atoms with Gasteiger partial charge in [-0.25, -0.2) is 4.79 Å². The standard InChI is InChI=1S/C26H25N3O3/c1-18-9-5-7-13-22(18)28-25(30)24(15-20-16-27-23-14-8-6-12-21(20)23)29-26(31)32-17-19-10-3-2-4-11-19/h2-14,16,24,27H,15,17H2,1H3,(H,28,30)(H,29,31)/t24-/m1/s1. The predicted octanol–water partition coefficient (Wildman–Crippen LogP) is 4.95. The molecule has 0 radical (unpaired) electrons. The first-order chi connectivity index (χ1) is 15.6. The van der Waals surface area contributed by atoms with Crippen molar-refractivity contribution in [2.75, 3.05) is 5.32 Å². The molecule has 1 heterocycles. The van der Waals surface area contributed by atoms with Gasteiger partial charge in [-0.1, -0.05) is 66.7 Å². The van der Waals surface area contributed by atoms with Crippen molar-refractivity contribution >= 4 is 28.6 Å². The second-order valence-corrected chi connectivity index (χ2v) is 7.63. The van der Waals surface area contributed by atoms with Crippen LogP contribution in [0.1, 0.15) is 16.7 Å². The molecule has 0 aliphatic rings. The van der Waals surface area contributed by atoms with Gasteiger partial charge in [-0.3, -0.25) is 4.79 Å². The molecular formula is C26H25N3O3. The van der Waals surface area contributed by atoms with Crippen LogP contribution >= 0.6 is 0 Å². The average Bonchev–Trinajstić information content (AvgIpc) is 3.22. The van der Waals surface area contributed by atoms with Crippen LogP contribution in [-0.2, 0) is 22.6 Å². The number of aromatic amines is 1. The summed E-state index contributed by atoms with van der Waals surface area (Å²) in [6.07, 6.45) is 1.55. The Hall–Kier alpha value is -4.06. The fraction of sp³-hybridized carbons (Fsp3) is 0.154. The fourth-order valence-electron chi connectivity index (χ4n) is 3.57. The lowest BCUT2D eigenvalue weighted by atomic mass is 10.0. The summed E-state index contributed by atoms with van der Waals surface area (Å²) in [4.78, 5) is 28.9. The molecule has 3 N–H and O–H groups in total. The van der Waals surface area contributed by atoms with E-state index in [1.54, 1.807) is 0 Å². The van der Waals surface area contributed by atoms with E-state index in [9.17, 15) is 9.59 Å². The Bertz CT molecular complexity index is 1220. The maximum absolute atomic E-state index is 13.1. The van der Waals surface area contributed by atoms with Gasteiger partial charge in [0, 0.05) is 29.2 Å². The second-order valence-electron chi connectivity index (χ2n) is 7.63. The molecule has 0 spiro atoms. The third-order valence-corrected chi connectivity index (χ3v) is 5.32. The monoisotopic (exact) mass is 427 g/mol. The molecule has 6 nitrogen and oxygen atoms in total. The van der Waals surface area contributed by atoms with Gasteiger partial charge in [0.1, 0.15) is 12.6 Å². The molecule has 0 bridgehead atoms. The number of para-hydroxylation sites is 2. The number of H-pyrrole nitrogens is 1. The smallest absolute Gasteiger partial charge is 0.408 e. The highest BCUT2D eigenvalue weighted by Crippen LogP contribution is 2.20. The highest BCUT2D eigenvalue weighted by molar-refractivity contribution is 5.97. The van der Waals surface area contributed by atoms with E-state index in [0.717, 1.165) is 27.6 Å². The van der Waals surface area contributed by atoms with Crippen LogP contribution < -0.4 is 10.6 Å². The molecule has 0 aliphatic heterocycles. The van der Waals surface area contributed by atoms with E-state index >= 15 is 0 Å². The van der Waals surface area contributed by atoms with Crippen molar-refractivity contribution in [1.82, 2.24) is 10.3 Å². The summed E-state index contributed by atoms with van der Waals surface area (Å²) in [5, 5.41) is 6.69. The van der Waals surface area contributed by atoms with E-state index in [1.807, 2.05) is 92.0 Å². The van der Waals surface area contributed by atoms with Gasteiger partial charge < -0.3 is 20.4 Å². The van der Waals surface area contributed by atoms with E-state index in [-0.39, 0.29) is 12.5 Å². The Morgan fingerprint density at radius 3 is 2.47 bits per heavy atom. The van der Waals surface area contributed by atoms with Gasteiger partial charge in [0.25, 0.3) is 0 Å². The van der Waals surface area contributed by atoms with Crippen molar-refractivity contribution in [3.05, 3.63) is 102 Å². The number of amides is 2. The Labute approximate surface area is 186 Å². The normalized spacial score (nSPS) is 11.7. The van der Waals surface area contributed by atoms with E-state index < -0.39 is 12.1 Å². The number of rotatable bonds is 7. The molecule has 1 aromatic heterocycles. The first-order valence-corrected chi connectivity index (χ1v) is 10.5. The molecule has 3 aromatic carbocycles. The van der Waals surface area contributed by atoms with Crippen molar-refractivity contribution in [1.29, 1.82) is 0 Å². The molecule has 2 amide bonds. The molecule has 0 unspecified atom stereocenters. The minimum atomic E-state index is -0.808.